The number of rotatable bonds is 9. The number of nitrogens with one attached hydrogen (secondary N) is 1. The first-order valence-electron chi connectivity index (χ1n) is 15.6. The van der Waals surface area contributed by atoms with Crippen molar-refractivity contribution in [3.63, 3.8) is 0 Å². The van der Waals surface area contributed by atoms with E-state index in [-0.39, 0.29) is 24.6 Å². The molecule has 0 aliphatic carbocycles. The number of hydrogen-bond acceptors (Lipinski definition) is 6. The summed E-state index contributed by atoms with van der Waals surface area (Å²) in [6.07, 6.45) is 4.86. The lowest BCUT2D eigenvalue weighted by atomic mass is 9.94. The number of carbonyl (C=O) groups is 1. The highest BCUT2D eigenvalue weighted by atomic mass is 32.2. The number of pyridine rings is 2. The monoisotopic (exact) mass is 623 g/mol. The molecule has 4 aromatic rings. The van der Waals surface area contributed by atoms with Gasteiger partial charge in [-0.25, -0.2) is 13.5 Å². The van der Waals surface area contributed by atoms with E-state index in [0.29, 0.717) is 24.4 Å². The van der Waals surface area contributed by atoms with Crippen LogP contribution >= 0.6 is 0 Å². The van der Waals surface area contributed by atoms with E-state index in [1.165, 1.54) is 5.56 Å². The molecule has 2 N–H and O–H groups in total. The van der Waals surface area contributed by atoms with E-state index < -0.39 is 15.7 Å². The first-order chi connectivity index (χ1) is 21.7. The lowest BCUT2D eigenvalue weighted by Crippen LogP contribution is -2.37. The first kappa shape index (κ1) is 31.2. The molecule has 0 radical (unpaired) electrons. The van der Waals surface area contributed by atoms with Gasteiger partial charge in [-0.15, -0.1) is 0 Å². The number of amides is 1. The average molecular weight is 624 g/mol. The Morgan fingerprint density at radius 2 is 1.80 bits per heavy atom. The van der Waals surface area contributed by atoms with Crippen molar-refractivity contribution in [3.05, 3.63) is 108 Å². The Morgan fingerprint density at radius 3 is 2.53 bits per heavy atom. The topological polar surface area (TPSA) is 98.7 Å². The van der Waals surface area contributed by atoms with E-state index in [1.807, 2.05) is 73.7 Å². The summed E-state index contributed by atoms with van der Waals surface area (Å²) < 4.78 is 15.2. The molecule has 0 saturated carbocycles. The maximum atomic E-state index is 13.8. The number of nitrogens with zero attached hydrogens (tertiary/aromatic N) is 4. The Labute approximate surface area is 268 Å². The summed E-state index contributed by atoms with van der Waals surface area (Å²) in [4.78, 5) is 25.5. The summed E-state index contributed by atoms with van der Waals surface area (Å²) in [5, 5.41) is 13.4. The molecular formula is C36H41N5O3S. The van der Waals surface area contributed by atoms with Gasteiger partial charge in [0, 0.05) is 67.9 Å². The van der Waals surface area contributed by atoms with Crippen LogP contribution in [0.15, 0.2) is 85.2 Å². The van der Waals surface area contributed by atoms with Crippen LogP contribution in [-0.2, 0) is 24.1 Å². The van der Waals surface area contributed by atoms with Crippen LogP contribution in [0, 0.1) is 0 Å². The molecule has 8 nitrogen and oxygen atoms in total. The van der Waals surface area contributed by atoms with Crippen molar-refractivity contribution in [1.29, 1.82) is 0 Å². The lowest BCUT2D eigenvalue weighted by Gasteiger charge is -2.30. The van der Waals surface area contributed by atoms with Crippen LogP contribution in [0.4, 0.5) is 0 Å². The Bertz CT molecular complexity index is 1680. The van der Waals surface area contributed by atoms with Gasteiger partial charge in [-0.3, -0.25) is 14.7 Å². The average Bonchev–Trinajstić information content (AvgIpc) is 3.64. The molecule has 2 aromatic carbocycles. The third-order valence-corrected chi connectivity index (χ3v) is 10.4. The number of aliphatic hydroxyl groups excluding tert-OH is 1. The zero-order chi connectivity index (χ0) is 31.6. The maximum Gasteiger partial charge on any atom is 0.270 e. The molecule has 1 saturated heterocycles. The molecule has 0 spiro atoms. The maximum absolute atomic E-state index is 13.8. The van der Waals surface area contributed by atoms with Crippen molar-refractivity contribution in [3.8, 4) is 22.4 Å². The molecule has 9 heteroatoms. The SMILES string of the molecule is CC(C)(C)[S@](=O)N1Cc2cc(C(=O)N[C@@H]3CCN(Cc4ccccc4)C3)nc(-c3cccc(-c4cccnc4)c3)c2[C@@H]1CCO. The van der Waals surface area contributed by atoms with Gasteiger partial charge in [0.05, 0.1) is 16.5 Å². The number of carbonyl (C=O) groups excluding carboxylic acids is 1. The number of aromatic nitrogens is 2. The summed E-state index contributed by atoms with van der Waals surface area (Å²) in [7, 11) is -1.33. The van der Waals surface area contributed by atoms with Crippen molar-refractivity contribution >= 4 is 16.9 Å². The van der Waals surface area contributed by atoms with Crippen molar-refractivity contribution < 1.29 is 14.1 Å². The Hall–Kier alpha value is -3.76. The van der Waals surface area contributed by atoms with Crippen LogP contribution in [-0.4, -0.2) is 64.9 Å². The molecule has 45 heavy (non-hydrogen) atoms. The van der Waals surface area contributed by atoms with Gasteiger partial charge in [-0.2, -0.15) is 0 Å². The first-order valence-corrected chi connectivity index (χ1v) is 16.7. The summed E-state index contributed by atoms with van der Waals surface area (Å²) in [6.45, 7) is 8.79. The summed E-state index contributed by atoms with van der Waals surface area (Å²) >= 11 is 0. The predicted molar refractivity (Wildman–Crippen MR) is 178 cm³/mol. The molecule has 6 rings (SSSR count). The number of fused-ring (bicyclic) bond motifs is 1. The van der Waals surface area contributed by atoms with Crippen molar-refractivity contribution in [2.75, 3.05) is 19.7 Å². The summed E-state index contributed by atoms with van der Waals surface area (Å²) in [5.41, 5.74) is 6.98. The third-order valence-electron chi connectivity index (χ3n) is 8.51. The molecule has 1 amide bonds. The fourth-order valence-electron chi connectivity index (χ4n) is 6.38. The van der Waals surface area contributed by atoms with E-state index in [2.05, 4.69) is 45.5 Å². The number of benzene rings is 2. The van der Waals surface area contributed by atoms with E-state index in [4.69, 9.17) is 4.98 Å². The minimum absolute atomic E-state index is 0.0284. The zero-order valence-electron chi connectivity index (χ0n) is 26.1. The fraction of sp³-hybridized carbons (Fsp3) is 0.361. The minimum Gasteiger partial charge on any atom is -0.396 e. The van der Waals surface area contributed by atoms with Gasteiger partial charge in [0.2, 0.25) is 0 Å². The van der Waals surface area contributed by atoms with Gasteiger partial charge in [0.25, 0.3) is 5.91 Å². The molecular weight excluding hydrogens is 582 g/mol. The summed E-state index contributed by atoms with van der Waals surface area (Å²) in [5.74, 6) is -0.205. The second kappa shape index (κ2) is 13.3. The second-order valence-electron chi connectivity index (χ2n) is 12.9. The molecule has 2 aromatic heterocycles. The molecule has 2 aliphatic rings. The quantitative estimate of drug-likeness (QED) is 0.255. The van der Waals surface area contributed by atoms with Crippen LogP contribution in [0.3, 0.4) is 0 Å². The van der Waals surface area contributed by atoms with E-state index >= 15 is 0 Å². The Balaban J connectivity index is 1.34. The standard InChI is InChI=1S/C36H41N5O3S/c1-36(2,3)45(44)41-23-29-20-31(35(43)38-30-14-17-40(24-30)22-25-9-5-4-6-10-25)39-34(33(29)32(41)15-18-42)27-12-7-11-26(19-27)28-13-8-16-37-21-28/h4-13,16,19-21,30,32,42H,14-15,17-18,22-24H2,1-3H3,(H,38,43)/t30-,32+,45+/m1/s1. The van der Waals surface area contributed by atoms with Crippen LogP contribution < -0.4 is 5.32 Å². The smallest absolute Gasteiger partial charge is 0.270 e. The van der Waals surface area contributed by atoms with Crippen LogP contribution in [0.25, 0.3) is 22.4 Å². The third kappa shape index (κ3) is 6.92. The van der Waals surface area contributed by atoms with Crippen LogP contribution in [0.1, 0.15) is 66.8 Å². The van der Waals surface area contributed by atoms with Gasteiger partial charge in [0.15, 0.2) is 0 Å². The normalized spacial score (nSPS) is 19.4. The molecule has 1 fully saturated rings. The molecule has 3 atom stereocenters. The van der Waals surface area contributed by atoms with Crippen molar-refractivity contribution in [2.45, 2.75) is 63.5 Å². The molecule has 234 valence electrons. The number of hydrogen-bond donors (Lipinski definition) is 2. The Morgan fingerprint density at radius 1 is 1.02 bits per heavy atom. The van der Waals surface area contributed by atoms with Gasteiger partial charge in [-0.1, -0.05) is 54.6 Å². The van der Waals surface area contributed by atoms with Gasteiger partial charge >= 0.3 is 0 Å². The zero-order valence-corrected chi connectivity index (χ0v) is 27.0. The molecule has 4 heterocycles. The number of likely N-dealkylation sites (tertiary alicyclic amines) is 1. The molecule has 2 aliphatic heterocycles. The second-order valence-corrected chi connectivity index (χ2v) is 15.1. The predicted octanol–water partition coefficient (Wildman–Crippen LogP) is 5.52. The van der Waals surface area contributed by atoms with Gasteiger partial charge in [0.1, 0.15) is 16.7 Å². The van der Waals surface area contributed by atoms with E-state index in [1.54, 1.807) is 6.20 Å². The molecule has 0 bridgehead atoms. The van der Waals surface area contributed by atoms with Gasteiger partial charge in [-0.05, 0) is 68.5 Å². The highest BCUT2D eigenvalue weighted by Crippen LogP contribution is 2.44. The van der Waals surface area contributed by atoms with Crippen LogP contribution in [0.2, 0.25) is 0 Å². The van der Waals surface area contributed by atoms with E-state index in [9.17, 15) is 14.1 Å². The highest BCUT2D eigenvalue weighted by molar-refractivity contribution is 7.84. The van der Waals surface area contributed by atoms with Crippen LogP contribution in [0.5, 0.6) is 0 Å². The fourth-order valence-corrected chi connectivity index (χ4v) is 7.78. The van der Waals surface area contributed by atoms with Gasteiger partial charge < -0.3 is 10.4 Å². The van der Waals surface area contributed by atoms with Crippen molar-refractivity contribution in [1.82, 2.24) is 24.5 Å². The van der Waals surface area contributed by atoms with E-state index in [0.717, 1.165) is 53.9 Å². The Kier molecular flexibility index (Phi) is 9.23. The lowest BCUT2D eigenvalue weighted by molar-refractivity contribution is 0.0932. The highest BCUT2D eigenvalue weighted by Gasteiger charge is 2.40. The minimum atomic E-state index is -1.33. The number of aliphatic hydroxyl groups is 1. The molecule has 0 unspecified atom stereocenters. The van der Waals surface area contributed by atoms with Crippen molar-refractivity contribution in [2.24, 2.45) is 0 Å². The largest absolute Gasteiger partial charge is 0.396 e. The summed E-state index contributed by atoms with van der Waals surface area (Å²) in [6, 6.07) is 24.0.